The Morgan fingerprint density at radius 2 is 2.00 bits per heavy atom. The quantitative estimate of drug-likeness (QED) is 0.619. The van der Waals surface area contributed by atoms with Gasteiger partial charge in [0.25, 0.3) is 5.91 Å². The molecule has 1 aromatic rings. The third kappa shape index (κ3) is 3.81. The highest BCUT2D eigenvalue weighted by molar-refractivity contribution is 5.98. The molecule has 0 unspecified atom stereocenters. The lowest BCUT2D eigenvalue weighted by Gasteiger charge is -2.33. The zero-order chi connectivity index (χ0) is 14.6. The normalized spacial score (nSPS) is 10.5. The van der Waals surface area contributed by atoms with Crippen molar-refractivity contribution in [1.82, 2.24) is 10.4 Å². The van der Waals surface area contributed by atoms with Gasteiger partial charge >= 0.3 is 5.91 Å². The van der Waals surface area contributed by atoms with Crippen LogP contribution in [0.1, 0.15) is 31.1 Å². The largest absolute Gasteiger partial charge is 0.317 e. The Morgan fingerprint density at radius 1 is 1.37 bits per heavy atom. The Hall–Kier alpha value is -2.35. The molecule has 0 heterocycles. The third-order valence-corrected chi connectivity index (χ3v) is 2.30. The van der Waals surface area contributed by atoms with Gasteiger partial charge in [-0.25, -0.2) is 9.40 Å². The van der Waals surface area contributed by atoms with Gasteiger partial charge in [0.05, 0.1) is 5.54 Å². The van der Waals surface area contributed by atoms with Crippen molar-refractivity contribution in [2.45, 2.75) is 26.3 Å². The van der Waals surface area contributed by atoms with Crippen LogP contribution in [0.5, 0.6) is 0 Å². The van der Waals surface area contributed by atoms with Crippen molar-refractivity contribution in [2.24, 2.45) is 0 Å². The lowest BCUT2D eigenvalue weighted by molar-refractivity contribution is -0.132. The molecule has 0 saturated carbocycles. The molecule has 0 radical (unpaired) electrons. The smallest absolute Gasteiger partial charge is 0.267 e. The predicted octanol–water partition coefficient (Wildman–Crippen LogP) is 1.73. The summed E-state index contributed by atoms with van der Waals surface area (Å²) in [6.45, 7) is 5.15. The van der Waals surface area contributed by atoms with Crippen LogP contribution in [0.25, 0.3) is 0 Å². The van der Waals surface area contributed by atoms with E-state index in [9.17, 15) is 14.0 Å². The maximum Gasteiger partial charge on any atom is 0.317 e. The molecule has 1 rings (SSSR count). The number of benzene rings is 1. The van der Waals surface area contributed by atoms with Crippen LogP contribution < -0.4 is 5.43 Å². The Labute approximate surface area is 111 Å². The van der Waals surface area contributed by atoms with Gasteiger partial charge in [0, 0.05) is 5.56 Å². The number of carbonyl (C=O) groups excluding carboxylic acids is 2. The highest BCUT2D eigenvalue weighted by Gasteiger charge is 2.27. The van der Waals surface area contributed by atoms with Gasteiger partial charge in [0.1, 0.15) is 5.82 Å². The van der Waals surface area contributed by atoms with Gasteiger partial charge in [0.2, 0.25) is 0 Å². The second-order valence-electron chi connectivity index (χ2n) is 4.91. The summed E-state index contributed by atoms with van der Waals surface area (Å²) < 4.78 is 13.0. The van der Waals surface area contributed by atoms with E-state index in [1.165, 1.54) is 18.2 Å². The maximum absolute atomic E-state index is 13.0. The van der Waals surface area contributed by atoms with Gasteiger partial charge in [-0.1, -0.05) is 6.07 Å². The van der Waals surface area contributed by atoms with Gasteiger partial charge < -0.3 is 0 Å². The fourth-order valence-electron chi connectivity index (χ4n) is 1.38. The van der Waals surface area contributed by atoms with Gasteiger partial charge in [-0.15, -0.1) is 6.42 Å². The van der Waals surface area contributed by atoms with E-state index in [1.54, 1.807) is 20.8 Å². The number of hydrogen-bond acceptors (Lipinski definition) is 2. The van der Waals surface area contributed by atoms with Crippen LogP contribution >= 0.6 is 0 Å². The minimum absolute atomic E-state index is 0.110. The van der Waals surface area contributed by atoms with Gasteiger partial charge in [-0.2, -0.15) is 0 Å². The first kappa shape index (κ1) is 14.7. The average molecular weight is 262 g/mol. The molecular weight excluding hydrogens is 247 g/mol. The lowest BCUT2D eigenvalue weighted by atomic mass is 10.1. The zero-order valence-electron chi connectivity index (χ0n) is 11.0. The minimum atomic E-state index is -0.688. The Morgan fingerprint density at radius 3 is 2.47 bits per heavy atom. The van der Waals surface area contributed by atoms with Crippen molar-refractivity contribution in [2.75, 3.05) is 0 Å². The molecule has 0 spiro atoms. The number of rotatable bonds is 1. The second-order valence-corrected chi connectivity index (χ2v) is 4.91. The standard InChI is InChI=1S/C14H15FN2O2/c1-5-12(18)17(14(2,3)4)16-13(19)10-7-6-8-11(15)9-10/h1,6-9H,2-4H3,(H,16,19). The van der Waals surface area contributed by atoms with Crippen molar-refractivity contribution >= 4 is 11.8 Å². The SMILES string of the molecule is C#CC(=O)N(NC(=O)c1cccc(F)c1)C(C)(C)C. The number of halogens is 1. The lowest BCUT2D eigenvalue weighted by Crippen LogP contribution is -2.55. The molecule has 0 aromatic heterocycles. The molecule has 2 amide bonds. The Bertz CT molecular complexity index is 541. The molecule has 5 heteroatoms. The van der Waals surface area contributed by atoms with E-state index in [1.807, 2.05) is 5.92 Å². The monoisotopic (exact) mass is 262 g/mol. The summed E-state index contributed by atoms with van der Waals surface area (Å²) in [6, 6.07) is 5.16. The first-order valence-corrected chi connectivity index (χ1v) is 5.63. The van der Waals surface area contributed by atoms with Crippen LogP contribution in [0, 0.1) is 18.2 Å². The highest BCUT2D eigenvalue weighted by Crippen LogP contribution is 2.12. The van der Waals surface area contributed by atoms with E-state index >= 15 is 0 Å². The molecule has 1 aromatic carbocycles. The maximum atomic E-state index is 13.0. The molecule has 0 aliphatic carbocycles. The van der Waals surface area contributed by atoms with Crippen molar-refractivity contribution in [3.63, 3.8) is 0 Å². The number of carbonyl (C=O) groups is 2. The summed E-state index contributed by atoms with van der Waals surface area (Å²) in [5.74, 6) is 0.140. The molecular formula is C14H15FN2O2. The topological polar surface area (TPSA) is 49.4 Å². The van der Waals surface area contributed by atoms with Crippen LogP contribution in [-0.4, -0.2) is 22.4 Å². The summed E-state index contributed by atoms with van der Waals surface area (Å²) in [6.07, 6.45) is 5.06. The summed E-state index contributed by atoms with van der Waals surface area (Å²) >= 11 is 0. The van der Waals surface area contributed by atoms with E-state index in [2.05, 4.69) is 5.43 Å². The molecule has 100 valence electrons. The van der Waals surface area contributed by atoms with Crippen LogP contribution in [0.3, 0.4) is 0 Å². The molecule has 0 aliphatic heterocycles. The fourth-order valence-corrected chi connectivity index (χ4v) is 1.38. The Kier molecular flexibility index (Phi) is 4.28. The second kappa shape index (κ2) is 5.53. The van der Waals surface area contributed by atoms with Crippen molar-refractivity contribution in [3.8, 4) is 12.3 Å². The molecule has 1 N–H and O–H groups in total. The number of nitrogens with one attached hydrogen (secondary N) is 1. The summed E-state index contributed by atoms with van der Waals surface area (Å²) in [7, 11) is 0. The van der Waals surface area contributed by atoms with E-state index < -0.39 is 23.2 Å². The molecule has 0 bridgehead atoms. The van der Waals surface area contributed by atoms with Gasteiger partial charge in [0.15, 0.2) is 0 Å². The number of terminal acetylenes is 1. The first-order valence-electron chi connectivity index (χ1n) is 5.63. The predicted molar refractivity (Wildman–Crippen MR) is 69.3 cm³/mol. The number of nitrogens with zero attached hydrogens (tertiary/aromatic N) is 1. The molecule has 0 saturated heterocycles. The van der Waals surface area contributed by atoms with Crippen LogP contribution in [-0.2, 0) is 4.79 Å². The summed E-state index contributed by atoms with van der Waals surface area (Å²) in [4.78, 5) is 23.5. The van der Waals surface area contributed by atoms with Crippen LogP contribution in [0.15, 0.2) is 24.3 Å². The molecule has 0 fully saturated rings. The third-order valence-electron chi connectivity index (χ3n) is 2.30. The van der Waals surface area contributed by atoms with Crippen LogP contribution in [0.2, 0.25) is 0 Å². The first-order chi connectivity index (χ1) is 8.75. The van der Waals surface area contributed by atoms with Crippen molar-refractivity contribution in [3.05, 3.63) is 35.6 Å². The van der Waals surface area contributed by atoms with E-state index in [4.69, 9.17) is 6.42 Å². The molecule has 4 nitrogen and oxygen atoms in total. The average Bonchev–Trinajstić information content (AvgIpc) is 2.33. The zero-order valence-corrected chi connectivity index (χ0v) is 11.0. The molecule has 0 atom stereocenters. The van der Waals surface area contributed by atoms with E-state index in [-0.39, 0.29) is 5.56 Å². The number of amides is 2. The number of hydrogen-bond donors (Lipinski definition) is 1. The van der Waals surface area contributed by atoms with E-state index in [0.29, 0.717) is 0 Å². The minimum Gasteiger partial charge on any atom is -0.267 e. The molecule has 0 aliphatic rings. The van der Waals surface area contributed by atoms with Crippen molar-refractivity contribution in [1.29, 1.82) is 0 Å². The van der Waals surface area contributed by atoms with Gasteiger partial charge in [-0.3, -0.25) is 15.0 Å². The number of hydrazine groups is 1. The van der Waals surface area contributed by atoms with Gasteiger partial charge in [-0.05, 0) is 44.9 Å². The summed E-state index contributed by atoms with van der Waals surface area (Å²) in [5.41, 5.74) is 1.81. The molecule has 19 heavy (non-hydrogen) atoms. The Balaban J connectivity index is 2.96. The van der Waals surface area contributed by atoms with Crippen LogP contribution in [0.4, 0.5) is 4.39 Å². The highest BCUT2D eigenvalue weighted by atomic mass is 19.1. The van der Waals surface area contributed by atoms with E-state index in [0.717, 1.165) is 11.1 Å². The summed E-state index contributed by atoms with van der Waals surface area (Å²) in [5, 5.41) is 1.04. The van der Waals surface area contributed by atoms with Crippen molar-refractivity contribution < 1.29 is 14.0 Å². The fraction of sp³-hybridized carbons (Fsp3) is 0.286.